The molecule has 1 fully saturated rings. The van der Waals surface area contributed by atoms with Gasteiger partial charge in [-0.3, -0.25) is 0 Å². The highest BCUT2D eigenvalue weighted by atomic mass is 35.5. The van der Waals surface area contributed by atoms with Crippen LogP contribution in [0.3, 0.4) is 0 Å². The fourth-order valence-corrected chi connectivity index (χ4v) is 3.68. The second-order valence-corrected chi connectivity index (χ2v) is 8.59. The smallest absolute Gasteiger partial charge is 0.319 e. The number of nitrogens with one attached hydrogen (secondary N) is 3. The van der Waals surface area contributed by atoms with Crippen molar-refractivity contribution in [3.8, 4) is 11.5 Å². The zero-order chi connectivity index (χ0) is 24.0. The first-order chi connectivity index (χ1) is 16.6. The van der Waals surface area contributed by atoms with E-state index in [1.54, 1.807) is 24.3 Å². The van der Waals surface area contributed by atoms with Crippen LogP contribution in [0, 0.1) is 0 Å². The second kappa shape index (κ2) is 14.7. The number of hydrogen-bond acceptors (Lipinski definition) is 6. The van der Waals surface area contributed by atoms with Gasteiger partial charge in [0.2, 0.25) is 0 Å². The summed E-state index contributed by atoms with van der Waals surface area (Å²) in [4.78, 5) is 11.8. The van der Waals surface area contributed by atoms with Crippen molar-refractivity contribution in [2.24, 2.45) is 0 Å². The highest BCUT2D eigenvalue weighted by Crippen LogP contribution is 2.21. The van der Waals surface area contributed by atoms with Gasteiger partial charge in [0.25, 0.3) is 0 Å². The molecule has 3 rings (SSSR count). The molecule has 8 nitrogen and oxygen atoms in total. The number of amides is 2. The van der Waals surface area contributed by atoms with Crippen LogP contribution in [0.1, 0.15) is 25.7 Å². The summed E-state index contributed by atoms with van der Waals surface area (Å²) in [7, 11) is 0. The minimum absolute atomic E-state index is 0.160. The monoisotopic (exact) mass is 491 g/mol. The first-order valence-electron chi connectivity index (χ1n) is 11.7. The lowest BCUT2D eigenvalue weighted by Crippen LogP contribution is -2.38. The summed E-state index contributed by atoms with van der Waals surface area (Å²) in [6, 6.07) is 13.9. The lowest BCUT2D eigenvalue weighted by molar-refractivity contribution is 0.0382. The molecule has 0 aliphatic heterocycles. The average Bonchev–Trinajstić information content (AvgIpc) is 3.36. The van der Waals surface area contributed by atoms with Crippen LogP contribution >= 0.6 is 11.6 Å². The molecule has 1 unspecified atom stereocenters. The molecule has 0 saturated heterocycles. The number of hydrogen-bond donors (Lipinski definition) is 4. The molecule has 1 saturated carbocycles. The van der Waals surface area contributed by atoms with Gasteiger partial charge >= 0.3 is 6.03 Å². The number of rotatable bonds is 14. The lowest BCUT2D eigenvalue weighted by atomic mass is 10.3. The van der Waals surface area contributed by atoms with Gasteiger partial charge in [0.1, 0.15) is 30.8 Å². The molecule has 2 aromatic carbocycles. The van der Waals surface area contributed by atoms with Crippen LogP contribution < -0.4 is 25.4 Å². The zero-order valence-corrected chi connectivity index (χ0v) is 20.1. The molecule has 1 atom stereocenters. The molecule has 2 amide bonds. The normalized spacial score (nSPS) is 14.5. The zero-order valence-electron chi connectivity index (χ0n) is 19.3. The van der Waals surface area contributed by atoms with E-state index in [1.165, 1.54) is 12.8 Å². The van der Waals surface area contributed by atoms with E-state index < -0.39 is 6.10 Å². The van der Waals surface area contributed by atoms with Gasteiger partial charge < -0.3 is 35.3 Å². The Morgan fingerprint density at radius 2 is 1.65 bits per heavy atom. The van der Waals surface area contributed by atoms with Crippen molar-refractivity contribution < 1.29 is 24.1 Å². The Hall–Kier alpha value is -2.52. The van der Waals surface area contributed by atoms with Crippen molar-refractivity contribution in [3.63, 3.8) is 0 Å². The molecule has 0 aromatic heterocycles. The van der Waals surface area contributed by atoms with Gasteiger partial charge in [-0.1, -0.05) is 24.4 Å². The van der Waals surface area contributed by atoms with Gasteiger partial charge in [-0.05, 0) is 61.4 Å². The maximum Gasteiger partial charge on any atom is 0.319 e. The summed E-state index contributed by atoms with van der Waals surface area (Å²) in [5, 5.41) is 19.2. The summed E-state index contributed by atoms with van der Waals surface area (Å²) in [6.07, 6.45) is 4.57. The van der Waals surface area contributed by atoms with E-state index in [2.05, 4.69) is 16.0 Å². The minimum Gasteiger partial charge on any atom is -0.491 e. The Kier molecular flexibility index (Phi) is 11.3. The molecule has 0 spiro atoms. The molecule has 186 valence electrons. The minimum atomic E-state index is -0.674. The van der Waals surface area contributed by atoms with Crippen molar-refractivity contribution in [1.82, 2.24) is 10.6 Å². The maximum atomic E-state index is 11.8. The van der Waals surface area contributed by atoms with Crippen molar-refractivity contribution in [3.05, 3.63) is 53.6 Å². The quantitative estimate of drug-likeness (QED) is 0.300. The molecule has 0 radical (unpaired) electrons. The number of carbonyl (C=O) groups is 1. The Morgan fingerprint density at radius 1 is 0.971 bits per heavy atom. The van der Waals surface area contributed by atoms with E-state index in [0.29, 0.717) is 55.4 Å². The van der Waals surface area contributed by atoms with Crippen LogP contribution in [0.4, 0.5) is 10.5 Å². The molecule has 0 heterocycles. The summed E-state index contributed by atoms with van der Waals surface area (Å²) in [5.74, 6) is 1.42. The van der Waals surface area contributed by atoms with Crippen LogP contribution in [0.5, 0.6) is 11.5 Å². The Labute approximate surface area is 205 Å². The van der Waals surface area contributed by atoms with Crippen molar-refractivity contribution in [1.29, 1.82) is 0 Å². The topological polar surface area (TPSA) is 101 Å². The third kappa shape index (κ3) is 10.2. The van der Waals surface area contributed by atoms with Gasteiger partial charge in [-0.25, -0.2) is 4.79 Å². The number of aliphatic hydroxyl groups excluding tert-OH is 1. The third-order valence-electron chi connectivity index (χ3n) is 5.34. The lowest BCUT2D eigenvalue weighted by Gasteiger charge is -2.14. The Balaban J connectivity index is 1.19. The number of urea groups is 1. The van der Waals surface area contributed by atoms with E-state index in [0.717, 1.165) is 18.6 Å². The summed E-state index contributed by atoms with van der Waals surface area (Å²) < 4.78 is 17.1. The first-order valence-corrected chi connectivity index (χ1v) is 12.1. The number of carbonyl (C=O) groups excluding carboxylic acids is 1. The highest BCUT2D eigenvalue weighted by Gasteiger charge is 2.14. The van der Waals surface area contributed by atoms with E-state index in [-0.39, 0.29) is 12.6 Å². The van der Waals surface area contributed by atoms with Crippen LogP contribution in [0.25, 0.3) is 0 Å². The number of halogens is 1. The molecular weight excluding hydrogens is 458 g/mol. The Bertz CT molecular complexity index is 845. The predicted octanol–water partition coefficient (Wildman–Crippen LogP) is 3.83. The summed E-state index contributed by atoms with van der Waals surface area (Å²) in [5.41, 5.74) is 0.662. The van der Waals surface area contributed by atoms with Gasteiger partial charge in [0.05, 0.1) is 12.7 Å². The third-order valence-corrected chi connectivity index (χ3v) is 5.60. The predicted molar refractivity (Wildman–Crippen MR) is 133 cm³/mol. The second-order valence-electron chi connectivity index (χ2n) is 8.15. The molecule has 2 aromatic rings. The molecule has 34 heavy (non-hydrogen) atoms. The summed E-state index contributed by atoms with van der Waals surface area (Å²) in [6.45, 7) is 2.57. The molecule has 0 bridgehead atoms. The largest absolute Gasteiger partial charge is 0.491 e. The summed E-state index contributed by atoms with van der Waals surface area (Å²) >= 11 is 5.82. The van der Waals surface area contributed by atoms with Gasteiger partial charge in [-0.15, -0.1) is 0 Å². The number of aliphatic hydroxyl groups is 1. The van der Waals surface area contributed by atoms with Gasteiger partial charge in [-0.2, -0.15) is 0 Å². The number of anilines is 1. The van der Waals surface area contributed by atoms with E-state index in [4.69, 9.17) is 25.8 Å². The molecule has 9 heteroatoms. The van der Waals surface area contributed by atoms with Gasteiger partial charge in [0.15, 0.2) is 0 Å². The van der Waals surface area contributed by atoms with E-state index in [1.807, 2.05) is 24.3 Å². The van der Waals surface area contributed by atoms with E-state index >= 15 is 0 Å². The van der Waals surface area contributed by atoms with Crippen LogP contribution in [-0.4, -0.2) is 62.8 Å². The van der Waals surface area contributed by atoms with Gasteiger partial charge in [0, 0.05) is 30.3 Å². The Morgan fingerprint density at radius 3 is 2.35 bits per heavy atom. The highest BCUT2D eigenvalue weighted by molar-refractivity contribution is 6.30. The van der Waals surface area contributed by atoms with Crippen molar-refractivity contribution in [2.45, 2.75) is 37.9 Å². The number of benzene rings is 2. The fourth-order valence-electron chi connectivity index (χ4n) is 3.55. The van der Waals surface area contributed by atoms with Crippen LogP contribution in [0.15, 0.2) is 48.5 Å². The molecule has 1 aliphatic carbocycles. The maximum absolute atomic E-state index is 11.8. The first kappa shape index (κ1) is 26.1. The SMILES string of the molecule is O=C(NCCNCC(O)COc1ccc(OCCOC2CCCC2)cc1)Nc1ccc(Cl)cc1. The molecule has 1 aliphatic rings. The van der Waals surface area contributed by atoms with Crippen molar-refractivity contribution >= 4 is 23.3 Å². The average molecular weight is 492 g/mol. The van der Waals surface area contributed by atoms with E-state index in [9.17, 15) is 9.90 Å². The molecular formula is C25H34ClN3O5. The fraction of sp³-hybridized carbons (Fsp3) is 0.480. The van der Waals surface area contributed by atoms with Crippen molar-refractivity contribution in [2.75, 3.05) is 44.8 Å². The standard InChI is InChI=1S/C25H34ClN3O5/c26-19-5-7-20(8-6-19)29-25(31)28-14-13-27-17-21(30)18-34-24-11-9-23(10-12-24)33-16-15-32-22-3-1-2-4-22/h5-12,21-22,27,30H,1-4,13-18H2,(H2,28,29,31). The van der Waals surface area contributed by atoms with Crippen LogP contribution in [0.2, 0.25) is 5.02 Å². The number of ether oxygens (including phenoxy) is 3. The van der Waals surface area contributed by atoms with Crippen LogP contribution in [-0.2, 0) is 4.74 Å². The molecule has 4 N–H and O–H groups in total.